The van der Waals surface area contributed by atoms with E-state index in [0.717, 1.165) is 25.9 Å². The van der Waals surface area contributed by atoms with Gasteiger partial charge in [-0.15, -0.1) is 0 Å². The fourth-order valence-electron chi connectivity index (χ4n) is 3.32. The molecule has 0 saturated heterocycles. The summed E-state index contributed by atoms with van der Waals surface area (Å²) in [4.78, 5) is 11.9. The molecular weight excluding hydrogens is 326 g/mol. The summed E-state index contributed by atoms with van der Waals surface area (Å²) in [5.41, 5.74) is 3.79. The molecule has 1 aliphatic carbocycles. The van der Waals surface area contributed by atoms with Crippen molar-refractivity contribution < 1.29 is 14.3 Å². The van der Waals surface area contributed by atoms with Crippen LogP contribution in [0.3, 0.4) is 0 Å². The number of rotatable bonds is 9. The predicted molar refractivity (Wildman–Crippen MR) is 105 cm³/mol. The van der Waals surface area contributed by atoms with E-state index in [4.69, 9.17) is 9.47 Å². The highest BCUT2D eigenvalue weighted by molar-refractivity contribution is 5.90. The minimum atomic E-state index is -0.102. The summed E-state index contributed by atoms with van der Waals surface area (Å²) in [5, 5.41) is 5.26. The standard InChI is InChI=1S/C22H27NO3/c1-2-12-25-13-11-23-22(24)16-26-15-21-19-9-5-3-7-17(19)14-18-8-4-6-10-20(18)21/h3,5-7,9-10,14H,2,4,8,11-13,15-16H2,1H3,(H,23,24). The van der Waals surface area contributed by atoms with Crippen molar-refractivity contribution in [3.8, 4) is 0 Å². The predicted octanol–water partition coefficient (Wildman–Crippen LogP) is 3.86. The summed E-state index contributed by atoms with van der Waals surface area (Å²) in [5.74, 6) is -0.102. The zero-order chi connectivity index (χ0) is 18.2. The van der Waals surface area contributed by atoms with Crippen molar-refractivity contribution in [1.82, 2.24) is 5.32 Å². The number of carbonyl (C=O) groups is 1. The molecule has 26 heavy (non-hydrogen) atoms. The SMILES string of the molecule is CCCOCCNC(=O)COCc1c2c(cc3ccccc13)CCC=C2. The molecule has 3 rings (SSSR count). The summed E-state index contributed by atoms with van der Waals surface area (Å²) in [6.07, 6.45) is 7.52. The van der Waals surface area contributed by atoms with Crippen LogP contribution in [0.15, 0.2) is 36.4 Å². The highest BCUT2D eigenvalue weighted by Crippen LogP contribution is 2.31. The van der Waals surface area contributed by atoms with Gasteiger partial charge in [0.05, 0.1) is 13.2 Å². The van der Waals surface area contributed by atoms with Crippen molar-refractivity contribution >= 4 is 22.8 Å². The van der Waals surface area contributed by atoms with E-state index in [2.05, 4.69) is 48.7 Å². The normalized spacial score (nSPS) is 13.0. The topological polar surface area (TPSA) is 47.6 Å². The summed E-state index contributed by atoms with van der Waals surface area (Å²) < 4.78 is 11.1. The number of hydrogen-bond donors (Lipinski definition) is 1. The number of carbonyl (C=O) groups excluding carboxylic acids is 1. The van der Waals surface area contributed by atoms with Gasteiger partial charge in [0.15, 0.2) is 0 Å². The van der Waals surface area contributed by atoms with Crippen LogP contribution in [-0.4, -0.2) is 32.3 Å². The van der Waals surface area contributed by atoms with Gasteiger partial charge in [-0.2, -0.15) is 0 Å². The van der Waals surface area contributed by atoms with Gasteiger partial charge in [-0.05, 0) is 46.7 Å². The Bertz CT molecular complexity index is 782. The quantitative estimate of drug-likeness (QED) is 0.697. The molecule has 4 heteroatoms. The number of amides is 1. The van der Waals surface area contributed by atoms with Crippen LogP contribution in [0.25, 0.3) is 16.8 Å². The van der Waals surface area contributed by atoms with Crippen molar-refractivity contribution in [2.75, 3.05) is 26.4 Å². The van der Waals surface area contributed by atoms with Gasteiger partial charge in [-0.3, -0.25) is 4.79 Å². The largest absolute Gasteiger partial charge is 0.380 e. The van der Waals surface area contributed by atoms with E-state index in [1.165, 1.54) is 27.5 Å². The second kappa shape index (κ2) is 9.51. The number of benzene rings is 2. The number of aryl methyl sites for hydroxylation is 1. The van der Waals surface area contributed by atoms with Crippen LogP contribution in [-0.2, 0) is 27.3 Å². The van der Waals surface area contributed by atoms with Gasteiger partial charge in [0.2, 0.25) is 5.91 Å². The fraction of sp³-hybridized carbons (Fsp3) is 0.409. The molecule has 0 unspecified atom stereocenters. The molecule has 0 heterocycles. The second-order valence-corrected chi connectivity index (χ2v) is 6.55. The number of hydrogen-bond acceptors (Lipinski definition) is 3. The Balaban J connectivity index is 1.60. The summed E-state index contributed by atoms with van der Waals surface area (Å²) in [6.45, 7) is 4.36. The molecule has 0 fully saturated rings. The third-order valence-electron chi connectivity index (χ3n) is 4.55. The average molecular weight is 353 g/mol. The molecule has 1 N–H and O–H groups in total. The molecule has 2 aromatic carbocycles. The number of ether oxygens (including phenoxy) is 2. The van der Waals surface area contributed by atoms with Gasteiger partial charge in [-0.1, -0.05) is 49.4 Å². The Morgan fingerprint density at radius 2 is 2.08 bits per heavy atom. The van der Waals surface area contributed by atoms with E-state index >= 15 is 0 Å². The smallest absolute Gasteiger partial charge is 0.246 e. The fourth-order valence-corrected chi connectivity index (χ4v) is 3.32. The zero-order valence-corrected chi connectivity index (χ0v) is 15.4. The van der Waals surface area contributed by atoms with Crippen molar-refractivity contribution in [3.05, 3.63) is 53.1 Å². The van der Waals surface area contributed by atoms with Gasteiger partial charge in [0.1, 0.15) is 6.61 Å². The molecule has 138 valence electrons. The highest BCUT2D eigenvalue weighted by atomic mass is 16.5. The lowest BCUT2D eigenvalue weighted by Crippen LogP contribution is -2.30. The molecule has 0 bridgehead atoms. The Morgan fingerprint density at radius 3 is 2.96 bits per heavy atom. The first-order chi connectivity index (χ1) is 12.8. The van der Waals surface area contributed by atoms with E-state index in [1.54, 1.807) is 0 Å². The highest BCUT2D eigenvalue weighted by Gasteiger charge is 2.14. The Labute approximate surface area is 155 Å². The van der Waals surface area contributed by atoms with E-state index in [0.29, 0.717) is 19.8 Å². The lowest BCUT2D eigenvalue weighted by atomic mass is 9.89. The van der Waals surface area contributed by atoms with Crippen LogP contribution in [0.1, 0.15) is 36.5 Å². The van der Waals surface area contributed by atoms with Crippen LogP contribution in [0.2, 0.25) is 0 Å². The Kier molecular flexibility index (Phi) is 6.81. The Hall–Kier alpha value is -2.17. The van der Waals surface area contributed by atoms with Crippen molar-refractivity contribution in [2.45, 2.75) is 32.8 Å². The van der Waals surface area contributed by atoms with Crippen LogP contribution < -0.4 is 5.32 Å². The first kappa shape index (κ1) is 18.6. The molecule has 0 radical (unpaired) electrons. The van der Waals surface area contributed by atoms with E-state index in [9.17, 15) is 4.79 Å². The Morgan fingerprint density at radius 1 is 1.19 bits per heavy atom. The van der Waals surface area contributed by atoms with Crippen molar-refractivity contribution in [1.29, 1.82) is 0 Å². The average Bonchev–Trinajstić information content (AvgIpc) is 2.67. The zero-order valence-electron chi connectivity index (χ0n) is 15.4. The maximum atomic E-state index is 11.9. The lowest BCUT2D eigenvalue weighted by Gasteiger charge is -2.18. The summed E-state index contributed by atoms with van der Waals surface area (Å²) >= 11 is 0. The molecule has 0 spiro atoms. The molecule has 0 aromatic heterocycles. The maximum absolute atomic E-state index is 11.9. The first-order valence-electron chi connectivity index (χ1n) is 9.42. The maximum Gasteiger partial charge on any atom is 0.246 e. The number of allylic oxidation sites excluding steroid dienone is 1. The van der Waals surface area contributed by atoms with Crippen molar-refractivity contribution in [3.63, 3.8) is 0 Å². The monoisotopic (exact) mass is 353 g/mol. The molecule has 1 amide bonds. The van der Waals surface area contributed by atoms with Gasteiger partial charge < -0.3 is 14.8 Å². The molecule has 1 aliphatic rings. The molecule has 0 saturated carbocycles. The first-order valence-corrected chi connectivity index (χ1v) is 9.42. The van der Waals surface area contributed by atoms with Crippen LogP contribution in [0.5, 0.6) is 0 Å². The number of nitrogens with one attached hydrogen (secondary N) is 1. The van der Waals surface area contributed by atoms with Crippen LogP contribution in [0.4, 0.5) is 0 Å². The van der Waals surface area contributed by atoms with Crippen LogP contribution in [0, 0.1) is 0 Å². The molecule has 4 nitrogen and oxygen atoms in total. The summed E-state index contributed by atoms with van der Waals surface area (Å²) in [6, 6.07) is 10.7. The van der Waals surface area contributed by atoms with Gasteiger partial charge in [-0.25, -0.2) is 0 Å². The minimum absolute atomic E-state index is 0.0650. The summed E-state index contributed by atoms with van der Waals surface area (Å²) in [7, 11) is 0. The molecule has 2 aromatic rings. The molecule has 0 atom stereocenters. The van der Waals surface area contributed by atoms with Gasteiger partial charge in [0, 0.05) is 13.2 Å². The minimum Gasteiger partial charge on any atom is -0.380 e. The molecule has 0 aliphatic heterocycles. The third kappa shape index (κ3) is 4.71. The number of fused-ring (bicyclic) bond motifs is 2. The van der Waals surface area contributed by atoms with Gasteiger partial charge >= 0.3 is 0 Å². The lowest BCUT2D eigenvalue weighted by molar-refractivity contribution is -0.126. The van der Waals surface area contributed by atoms with Crippen molar-refractivity contribution in [2.24, 2.45) is 0 Å². The molecular formula is C22H27NO3. The second-order valence-electron chi connectivity index (χ2n) is 6.55. The van der Waals surface area contributed by atoms with E-state index in [1.807, 2.05) is 6.07 Å². The van der Waals surface area contributed by atoms with Gasteiger partial charge in [0.25, 0.3) is 0 Å². The van der Waals surface area contributed by atoms with E-state index in [-0.39, 0.29) is 12.5 Å². The third-order valence-corrected chi connectivity index (χ3v) is 4.55. The van der Waals surface area contributed by atoms with Crippen LogP contribution >= 0.6 is 0 Å². The van der Waals surface area contributed by atoms with E-state index < -0.39 is 0 Å².